The second-order valence-corrected chi connectivity index (χ2v) is 5.31. The SMILES string of the molecule is NC(CSc1ccc(F)cc1)Cc1ccccc1. The molecule has 1 atom stereocenters. The summed E-state index contributed by atoms with van der Waals surface area (Å²) in [5.41, 5.74) is 7.34. The van der Waals surface area contributed by atoms with Crippen molar-refractivity contribution < 1.29 is 4.39 Å². The molecule has 2 N–H and O–H groups in total. The summed E-state index contributed by atoms with van der Waals surface area (Å²) in [7, 11) is 0. The summed E-state index contributed by atoms with van der Waals surface area (Å²) in [6, 6.07) is 16.9. The van der Waals surface area contributed by atoms with E-state index < -0.39 is 0 Å². The zero-order valence-corrected chi connectivity index (χ0v) is 10.9. The van der Waals surface area contributed by atoms with Crippen LogP contribution in [-0.2, 0) is 6.42 Å². The van der Waals surface area contributed by atoms with Gasteiger partial charge in [0.15, 0.2) is 0 Å². The number of halogens is 1. The lowest BCUT2D eigenvalue weighted by Crippen LogP contribution is -2.25. The van der Waals surface area contributed by atoms with E-state index in [0.717, 1.165) is 17.1 Å². The van der Waals surface area contributed by atoms with E-state index in [1.54, 1.807) is 23.9 Å². The van der Waals surface area contributed by atoms with Crippen LogP contribution in [-0.4, -0.2) is 11.8 Å². The molecule has 0 bridgehead atoms. The van der Waals surface area contributed by atoms with Crippen molar-refractivity contribution in [1.82, 2.24) is 0 Å². The number of nitrogens with two attached hydrogens (primary N) is 1. The molecular weight excluding hydrogens is 245 g/mol. The van der Waals surface area contributed by atoms with Crippen LogP contribution in [0.4, 0.5) is 4.39 Å². The van der Waals surface area contributed by atoms with Crippen LogP contribution in [0.5, 0.6) is 0 Å². The van der Waals surface area contributed by atoms with Gasteiger partial charge in [-0.25, -0.2) is 4.39 Å². The molecule has 1 unspecified atom stereocenters. The Hall–Kier alpha value is -1.32. The smallest absolute Gasteiger partial charge is 0.123 e. The van der Waals surface area contributed by atoms with Crippen LogP contribution in [0.15, 0.2) is 59.5 Å². The molecule has 0 fully saturated rings. The van der Waals surface area contributed by atoms with E-state index in [1.807, 2.05) is 18.2 Å². The van der Waals surface area contributed by atoms with E-state index in [2.05, 4.69) is 12.1 Å². The summed E-state index contributed by atoms with van der Waals surface area (Å²) in [5.74, 6) is 0.633. The molecule has 0 heterocycles. The predicted octanol–water partition coefficient (Wildman–Crippen LogP) is 3.49. The van der Waals surface area contributed by atoms with Gasteiger partial charge in [0.05, 0.1) is 0 Å². The zero-order valence-electron chi connectivity index (χ0n) is 10.1. The van der Waals surface area contributed by atoms with Gasteiger partial charge in [0.25, 0.3) is 0 Å². The Balaban J connectivity index is 1.81. The Morgan fingerprint density at radius 2 is 1.67 bits per heavy atom. The molecule has 0 radical (unpaired) electrons. The Morgan fingerprint density at radius 1 is 1.00 bits per heavy atom. The molecule has 3 heteroatoms. The lowest BCUT2D eigenvalue weighted by atomic mass is 10.1. The van der Waals surface area contributed by atoms with Crippen LogP contribution in [0.3, 0.4) is 0 Å². The molecular formula is C15H16FNS. The molecule has 94 valence electrons. The van der Waals surface area contributed by atoms with Gasteiger partial charge in [0.2, 0.25) is 0 Å². The van der Waals surface area contributed by atoms with Gasteiger partial charge < -0.3 is 5.73 Å². The van der Waals surface area contributed by atoms with Crippen LogP contribution < -0.4 is 5.73 Å². The van der Waals surface area contributed by atoms with Crippen molar-refractivity contribution in [2.45, 2.75) is 17.4 Å². The minimum absolute atomic E-state index is 0.113. The fourth-order valence-electron chi connectivity index (χ4n) is 1.71. The second-order valence-electron chi connectivity index (χ2n) is 4.21. The molecule has 0 aliphatic rings. The standard InChI is InChI=1S/C15H16FNS/c16-13-6-8-15(9-7-13)18-11-14(17)10-12-4-2-1-3-5-12/h1-9,14H,10-11,17H2. The van der Waals surface area contributed by atoms with Gasteiger partial charge >= 0.3 is 0 Å². The summed E-state index contributed by atoms with van der Waals surface area (Å²) >= 11 is 1.66. The highest BCUT2D eigenvalue weighted by Gasteiger charge is 2.05. The van der Waals surface area contributed by atoms with Crippen molar-refractivity contribution in [3.63, 3.8) is 0 Å². The molecule has 0 spiro atoms. The first-order valence-corrected chi connectivity index (χ1v) is 6.90. The van der Waals surface area contributed by atoms with Crippen molar-refractivity contribution in [2.24, 2.45) is 5.73 Å². The molecule has 0 saturated heterocycles. The maximum absolute atomic E-state index is 12.7. The summed E-state index contributed by atoms with van der Waals surface area (Å²) in [6.07, 6.45) is 0.870. The molecule has 18 heavy (non-hydrogen) atoms. The van der Waals surface area contributed by atoms with Crippen LogP contribution in [0.25, 0.3) is 0 Å². The van der Waals surface area contributed by atoms with Crippen LogP contribution in [0, 0.1) is 5.82 Å². The summed E-state index contributed by atoms with van der Waals surface area (Å²) in [6.45, 7) is 0. The quantitative estimate of drug-likeness (QED) is 0.834. The van der Waals surface area contributed by atoms with Gasteiger partial charge in [0, 0.05) is 16.7 Å². The van der Waals surface area contributed by atoms with E-state index in [9.17, 15) is 4.39 Å². The molecule has 2 rings (SSSR count). The minimum atomic E-state index is -0.201. The number of rotatable bonds is 5. The average Bonchev–Trinajstić information content (AvgIpc) is 2.39. The molecule has 0 amide bonds. The van der Waals surface area contributed by atoms with Gasteiger partial charge in [-0.3, -0.25) is 0 Å². The van der Waals surface area contributed by atoms with Gasteiger partial charge in [-0.2, -0.15) is 0 Å². The lowest BCUT2D eigenvalue weighted by molar-refractivity contribution is 0.626. The lowest BCUT2D eigenvalue weighted by Gasteiger charge is -2.11. The first kappa shape index (κ1) is 13.1. The van der Waals surface area contributed by atoms with E-state index >= 15 is 0 Å². The zero-order chi connectivity index (χ0) is 12.8. The third-order valence-corrected chi connectivity index (χ3v) is 3.82. The fourth-order valence-corrected chi connectivity index (χ4v) is 2.56. The molecule has 0 saturated carbocycles. The van der Waals surface area contributed by atoms with E-state index in [0.29, 0.717) is 0 Å². The largest absolute Gasteiger partial charge is 0.327 e. The monoisotopic (exact) mass is 261 g/mol. The van der Waals surface area contributed by atoms with Crippen molar-refractivity contribution in [1.29, 1.82) is 0 Å². The third kappa shape index (κ3) is 4.17. The summed E-state index contributed by atoms with van der Waals surface area (Å²) < 4.78 is 12.7. The second kappa shape index (κ2) is 6.57. The minimum Gasteiger partial charge on any atom is -0.327 e. The Kier molecular flexibility index (Phi) is 4.79. The average molecular weight is 261 g/mol. The van der Waals surface area contributed by atoms with Gasteiger partial charge in [0.1, 0.15) is 5.82 Å². The van der Waals surface area contributed by atoms with Crippen molar-refractivity contribution in [2.75, 3.05) is 5.75 Å². The molecule has 2 aromatic carbocycles. The highest BCUT2D eigenvalue weighted by molar-refractivity contribution is 7.99. The number of thioether (sulfide) groups is 1. The normalized spacial score (nSPS) is 12.3. The number of hydrogen-bond acceptors (Lipinski definition) is 2. The highest BCUT2D eigenvalue weighted by atomic mass is 32.2. The first-order valence-electron chi connectivity index (χ1n) is 5.92. The molecule has 0 aliphatic heterocycles. The van der Waals surface area contributed by atoms with E-state index in [4.69, 9.17) is 5.73 Å². The van der Waals surface area contributed by atoms with E-state index in [1.165, 1.54) is 17.7 Å². The van der Waals surface area contributed by atoms with Crippen LogP contribution in [0.2, 0.25) is 0 Å². The van der Waals surface area contributed by atoms with Crippen molar-refractivity contribution >= 4 is 11.8 Å². The van der Waals surface area contributed by atoms with Gasteiger partial charge in [-0.15, -0.1) is 11.8 Å². The molecule has 0 aromatic heterocycles. The van der Waals surface area contributed by atoms with Crippen molar-refractivity contribution in [3.05, 3.63) is 66.0 Å². The predicted molar refractivity (Wildman–Crippen MR) is 75.2 cm³/mol. The molecule has 1 nitrogen and oxygen atoms in total. The van der Waals surface area contributed by atoms with Crippen LogP contribution >= 0.6 is 11.8 Å². The maximum Gasteiger partial charge on any atom is 0.123 e. The maximum atomic E-state index is 12.7. The number of benzene rings is 2. The molecule has 2 aromatic rings. The summed E-state index contributed by atoms with van der Waals surface area (Å²) in [5, 5.41) is 0. The Bertz CT molecular complexity index is 470. The van der Waals surface area contributed by atoms with Crippen LogP contribution in [0.1, 0.15) is 5.56 Å². The first-order chi connectivity index (χ1) is 8.74. The third-order valence-electron chi connectivity index (χ3n) is 2.62. The highest BCUT2D eigenvalue weighted by Crippen LogP contribution is 2.19. The van der Waals surface area contributed by atoms with Gasteiger partial charge in [-0.05, 0) is 36.2 Å². The summed E-state index contributed by atoms with van der Waals surface area (Å²) in [4.78, 5) is 1.06. The Labute approximate surface area is 111 Å². The van der Waals surface area contributed by atoms with Gasteiger partial charge in [-0.1, -0.05) is 30.3 Å². The Morgan fingerprint density at radius 3 is 2.33 bits per heavy atom. The molecule has 0 aliphatic carbocycles. The topological polar surface area (TPSA) is 26.0 Å². The fraction of sp³-hybridized carbons (Fsp3) is 0.200. The van der Waals surface area contributed by atoms with E-state index in [-0.39, 0.29) is 11.9 Å². The number of hydrogen-bond donors (Lipinski definition) is 1. The van der Waals surface area contributed by atoms with Crippen molar-refractivity contribution in [3.8, 4) is 0 Å².